The molecule has 0 aliphatic carbocycles. The Hall–Kier alpha value is -3.39. The molecule has 0 aromatic heterocycles. The Kier molecular flexibility index (Phi) is 7.03. The minimum atomic E-state index is -0.384. The zero-order valence-corrected chi connectivity index (χ0v) is 17.0. The fourth-order valence-corrected chi connectivity index (χ4v) is 3.14. The molecule has 8 heteroatoms. The van der Waals surface area contributed by atoms with Gasteiger partial charge in [0.15, 0.2) is 0 Å². The van der Waals surface area contributed by atoms with Gasteiger partial charge in [0.2, 0.25) is 11.8 Å². The number of benzene rings is 2. The maximum atomic E-state index is 12.8. The van der Waals surface area contributed by atoms with Crippen LogP contribution in [0.2, 0.25) is 0 Å². The summed E-state index contributed by atoms with van der Waals surface area (Å²) in [7, 11) is 0. The summed E-state index contributed by atoms with van der Waals surface area (Å²) >= 11 is 0. The van der Waals surface area contributed by atoms with Crippen molar-refractivity contribution in [2.24, 2.45) is 0 Å². The van der Waals surface area contributed by atoms with Gasteiger partial charge in [-0.2, -0.15) is 0 Å². The summed E-state index contributed by atoms with van der Waals surface area (Å²) in [6.45, 7) is 3.97. The molecular weight excluding hydrogens is 386 g/mol. The van der Waals surface area contributed by atoms with Gasteiger partial charge in [0, 0.05) is 49.1 Å². The van der Waals surface area contributed by atoms with Crippen molar-refractivity contribution in [1.29, 1.82) is 0 Å². The fourth-order valence-electron chi connectivity index (χ4n) is 3.14. The summed E-state index contributed by atoms with van der Waals surface area (Å²) in [5.74, 6) is -0.311. The van der Waals surface area contributed by atoms with Crippen LogP contribution >= 0.6 is 0 Å². The van der Waals surface area contributed by atoms with Crippen LogP contribution in [-0.4, -0.2) is 37.0 Å². The lowest BCUT2D eigenvalue weighted by atomic mass is 10.1. The SMILES string of the molecule is CC(=O)Nc1cc(NC(C)=O)cc(C(=O)Nc2cccc(OCC3CCCO3)c2)c1. The summed E-state index contributed by atoms with van der Waals surface area (Å²) < 4.78 is 11.3. The Labute approximate surface area is 174 Å². The lowest BCUT2D eigenvalue weighted by molar-refractivity contribution is -0.115. The molecule has 1 atom stereocenters. The molecule has 2 aromatic rings. The van der Waals surface area contributed by atoms with Crippen LogP contribution in [0.15, 0.2) is 42.5 Å². The van der Waals surface area contributed by atoms with E-state index in [0.29, 0.717) is 29.4 Å². The Morgan fingerprint density at radius 3 is 2.27 bits per heavy atom. The first-order chi connectivity index (χ1) is 14.4. The first-order valence-corrected chi connectivity index (χ1v) is 9.75. The second kappa shape index (κ2) is 9.89. The zero-order chi connectivity index (χ0) is 21.5. The highest BCUT2D eigenvalue weighted by molar-refractivity contribution is 6.06. The lowest BCUT2D eigenvalue weighted by Crippen LogP contribution is -2.17. The van der Waals surface area contributed by atoms with Gasteiger partial charge in [-0.15, -0.1) is 0 Å². The molecule has 0 spiro atoms. The first-order valence-electron chi connectivity index (χ1n) is 9.75. The van der Waals surface area contributed by atoms with Crippen LogP contribution in [0.25, 0.3) is 0 Å². The highest BCUT2D eigenvalue weighted by atomic mass is 16.5. The normalized spacial score (nSPS) is 15.3. The van der Waals surface area contributed by atoms with E-state index in [2.05, 4.69) is 16.0 Å². The summed E-state index contributed by atoms with van der Waals surface area (Å²) in [6, 6.07) is 11.8. The third-order valence-electron chi connectivity index (χ3n) is 4.39. The number of rotatable bonds is 7. The topological polar surface area (TPSA) is 106 Å². The Balaban J connectivity index is 1.71. The number of carbonyl (C=O) groups is 3. The van der Waals surface area contributed by atoms with E-state index in [4.69, 9.17) is 9.47 Å². The monoisotopic (exact) mass is 411 g/mol. The average Bonchev–Trinajstić information content (AvgIpc) is 3.19. The predicted octanol–water partition coefficient (Wildman–Crippen LogP) is 3.41. The van der Waals surface area contributed by atoms with Crippen molar-refractivity contribution in [3.05, 3.63) is 48.0 Å². The van der Waals surface area contributed by atoms with Crippen LogP contribution < -0.4 is 20.7 Å². The van der Waals surface area contributed by atoms with E-state index in [0.717, 1.165) is 19.4 Å². The van der Waals surface area contributed by atoms with Gasteiger partial charge >= 0.3 is 0 Å². The van der Waals surface area contributed by atoms with Crippen LogP contribution in [-0.2, 0) is 14.3 Å². The third kappa shape index (κ3) is 6.31. The molecular formula is C22H25N3O5. The van der Waals surface area contributed by atoms with E-state index in [1.54, 1.807) is 36.4 Å². The van der Waals surface area contributed by atoms with Gasteiger partial charge < -0.3 is 25.4 Å². The van der Waals surface area contributed by atoms with Crippen LogP contribution in [0, 0.1) is 0 Å². The minimum Gasteiger partial charge on any atom is -0.491 e. The smallest absolute Gasteiger partial charge is 0.255 e. The fraction of sp³-hybridized carbons (Fsp3) is 0.318. The summed E-state index contributed by atoms with van der Waals surface area (Å²) in [4.78, 5) is 35.6. The summed E-state index contributed by atoms with van der Waals surface area (Å²) in [6.07, 6.45) is 2.13. The molecule has 3 amide bonds. The molecule has 1 heterocycles. The van der Waals surface area contributed by atoms with Crippen molar-refractivity contribution in [2.45, 2.75) is 32.8 Å². The van der Waals surface area contributed by atoms with E-state index in [9.17, 15) is 14.4 Å². The standard InChI is InChI=1S/C22H25N3O5/c1-14(26)23-18-9-16(10-19(11-18)24-15(2)27)22(28)25-17-5-3-6-20(12-17)30-13-21-7-4-8-29-21/h3,5-6,9-12,21H,4,7-8,13H2,1-2H3,(H,23,26)(H,24,27)(H,25,28). The largest absolute Gasteiger partial charge is 0.491 e. The Bertz CT molecular complexity index is 904. The molecule has 3 rings (SSSR count). The van der Waals surface area contributed by atoms with Gasteiger partial charge in [-0.3, -0.25) is 14.4 Å². The molecule has 1 fully saturated rings. The molecule has 30 heavy (non-hydrogen) atoms. The number of anilines is 3. The van der Waals surface area contributed by atoms with Crippen LogP contribution in [0.4, 0.5) is 17.1 Å². The number of amides is 3. The van der Waals surface area contributed by atoms with Crippen molar-refractivity contribution in [3.63, 3.8) is 0 Å². The van der Waals surface area contributed by atoms with Gasteiger partial charge in [-0.1, -0.05) is 6.07 Å². The lowest BCUT2D eigenvalue weighted by Gasteiger charge is -2.13. The van der Waals surface area contributed by atoms with E-state index >= 15 is 0 Å². The highest BCUT2D eigenvalue weighted by Crippen LogP contribution is 2.23. The predicted molar refractivity (Wildman–Crippen MR) is 114 cm³/mol. The molecule has 0 radical (unpaired) electrons. The Morgan fingerprint density at radius 2 is 1.67 bits per heavy atom. The minimum absolute atomic E-state index is 0.104. The second-order valence-electron chi connectivity index (χ2n) is 7.09. The molecule has 8 nitrogen and oxygen atoms in total. The number of hydrogen-bond donors (Lipinski definition) is 3. The van der Waals surface area contributed by atoms with Crippen LogP contribution in [0.3, 0.4) is 0 Å². The van der Waals surface area contributed by atoms with E-state index in [1.807, 2.05) is 6.07 Å². The van der Waals surface area contributed by atoms with Crippen molar-refractivity contribution < 1.29 is 23.9 Å². The third-order valence-corrected chi connectivity index (χ3v) is 4.39. The maximum Gasteiger partial charge on any atom is 0.255 e. The van der Waals surface area contributed by atoms with Gasteiger partial charge in [-0.05, 0) is 43.2 Å². The van der Waals surface area contributed by atoms with Gasteiger partial charge in [0.25, 0.3) is 5.91 Å². The summed E-state index contributed by atoms with van der Waals surface area (Å²) in [5.41, 5.74) is 1.67. The molecule has 2 aromatic carbocycles. The average molecular weight is 411 g/mol. The molecule has 3 N–H and O–H groups in total. The van der Waals surface area contributed by atoms with Gasteiger partial charge in [0.05, 0.1) is 6.10 Å². The maximum absolute atomic E-state index is 12.8. The molecule has 0 saturated carbocycles. The molecule has 1 saturated heterocycles. The van der Waals surface area contributed by atoms with Crippen molar-refractivity contribution >= 4 is 34.8 Å². The molecule has 1 aliphatic heterocycles. The summed E-state index contributed by atoms with van der Waals surface area (Å²) in [5, 5.41) is 8.07. The quantitative estimate of drug-likeness (QED) is 0.647. The number of hydrogen-bond acceptors (Lipinski definition) is 5. The van der Waals surface area contributed by atoms with Crippen LogP contribution in [0.5, 0.6) is 5.75 Å². The van der Waals surface area contributed by atoms with E-state index in [1.165, 1.54) is 13.8 Å². The Morgan fingerprint density at radius 1 is 0.967 bits per heavy atom. The van der Waals surface area contributed by atoms with Crippen LogP contribution in [0.1, 0.15) is 37.0 Å². The number of carbonyl (C=O) groups excluding carboxylic acids is 3. The molecule has 1 aliphatic rings. The molecule has 158 valence electrons. The van der Waals surface area contributed by atoms with Gasteiger partial charge in [-0.25, -0.2) is 0 Å². The first kappa shape index (κ1) is 21.3. The van der Waals surface area contributed by atoms with E-state index in [-0.39, 0.29) is 29.4 Å². The molecule has 0 bridgehead atoms. The van der Waals surface area contributed by atoms with Crippen molar-refractivity contribution in [1.82, 2.24) is 0 Å². The van der Waals surface area contributed by atoms with Crippen molar-refractivity contribution in [2.75, 3.05) is 29.2 Å². The number of nitrogens with one attached hydrogen (secondary N) is 3. The molecule has 1 unspecified atom stereocenters. The van der Waals surface area contributed by atoms with Gasteiger partial charge in [0.1, 0.15) is 12.4 Å². The highest BCUT2D eigenvalue weighted by Gasteiger charge is 2.16. The zero-order valence-electron chi connectivity index (χ0n) is 17.0. The second-order valence-corrected chi connectivity index (χ2v) is 7.09. The van der Waals surface area contributed by atoms with E-state index < -0.39 is 0 Å². The number of ether oxygens (including phenoxy) is 2. The van der Waals surface area contributed by atoms with Crippen molar-refractivity contribution in [3.8, 4) is 5.75 Å².